The highest BCUT2D eigenvalue weighted by Crippen LogP contribution is 2.34. The summed E-state index contributed by atoms with van der Waals surface area (Å²) in [6.07, 6.45) is 0. The lowest BCUT2D eigenvalue weighted by Gasteiger charge is -2.22. The van der Waals surface area contributed by atoms with Crippen LogP contribution in [-0.2, 0) is 0 Å². The first-order valence-electron chi connectivity index (χ1n) is 6.64. The van der Waals surface area contributed by atoms with Crippen molar-refractivity contribution < 1.29 is 4.74 Å². The zero-order valence-corrected chi connectivity index (χ0v) is 13.1. The van der Waals surface area contributed by atoms with E-state index < -0.39 is 0 Å². The van der Waals surface area contributed by atoms with Gasteiger partial charge in [-0.15, -0.1) is 0 Å². The Morgan fingerprint density at radius 1 is 1.10 bits per heavy atom. The van der Waals surface area contributed by atoms with Crippen molar-refractivity contribution in [1.29, 1.82) is 0 Å². The Kier molecular flexibility index (Phi) is 4.69. The fourth-order valence-electron chi connectivity index (χ4n) is 2.61. The summed E-state index contributed by atoms with van der Waals surface area (Å²) in [5, 5.41) is 4.11. The monoisotopic (exact) mass is 289 g/mol. The smallest absolute Gasteiger partial charge is 0.124 e. The Labute approximate surface area is 125 Å². The molecule has 106 valence electrons. The molecular weight excluding hydrogens is 270 g/mol. The standard InChI is InChI=1S/C17H20ClNO/c1-11-9-12(2)16(15(10-11)20-4)17(19-3)13-5-7-14(18)8-6-13/h5-10,17,19H,1-4H3. The van der Waals surface area contributed by atoms with Gasteiger partial charge < -0.3 is 10.1 Å². The van der Waals surface area contributed by atoms with Crippen LogP contribution in [0.1, 0.15) is 28.3 Å². The van der Waals surface area contributed by atoms with E-state index in [9.17, 15) is 0 Å². The molecule has 2 aromatic rings. The Morgan fingerprint density at radius 3 is 2.30 bits per heavy atom. The third-order valence-electron chi connectivity index (χ3n) is 3.49. The van der Waals surface area contributed by atoms with E-state index in [2.05, 4.69) is 31.3 Å². The molecule has 2 rings (SSSR count). The number of ether oxygens (including phenoxy) is 1. The van der Waals surface area contributed by atoms with Crippen LogP contribution >= 0.6 is 11.6 Å². The van der Waals surface area contributed by atoms with Crippen LogP contribution in [0.4, 0.5) is 0 Å². The lowest BCUT2D eigenvalue weighted by molar-refractivity contribution is 0.404. The summed E-state index contributed by atoms with van der Waals surface area (Å²) in [5.74, 6) is 0.914. The van der Waals surface area contributed by atoms with E-state index in [0.717, 1.165) is 10.8 Å². The van der Waals surface area contributed by atoms with E-state index in [-0.39, 0.29) is 6.04 Å². The fraction of sp³-hybridized carbons (Fsp3) is 0.294. The van der Waals surface area contributed by atoms with Crippen LogP contribution in [0.2, 0.25) is 5.02 Å². The van der Waals surface area contributed by atoms with Crippen molar-refractivity contribution in [2.24, 2.45) is 0 Å². The van der Waals surface area contributed by atoms with Gasteiger partial charge in [-0.25, -0.2) is 0 Å². The highest BCUT2D eigenvalue weighted by Gasteiger charge is 2.19. The van der Waals surface area contributed by atoms with Gasteiger partial charge >= 0.3 is 0 Å². The molecule has 0 saturated carbocycles. The lowest BCUT2D eigenvalue weighted by Crippen LogP contribution is -2.19. The minimum atomic E-state index is 0.0859. The highest BCUT2D eigenvalue weighted by atomic mass is 35.5. The molecule has 3 heteroatoms. The second-order valence-electron chi connectivity index (χ2n) is 4.97. The average molecular weight is 290 g/mol. The fourth-order valence-corrected chi connectivity index (χ4v) is 2.74. The first-order chi connectivity index (χ1) is 9.56. The van der Waals surface area contributed by atoms with Crippen LogP contribution in [0, 0.1) is 13.8 Å². The maximum atomic E-state index is 5.97. The van der Waals surface area contributed by atoms with Crippen molar-refractivity contribution in [2.45, 2.75) is 19.9 Å². The van der Waals surface area contributed by atoms with Crippen LogP contribution in [-0.4, -0.2) is 14.2 Å². The van der Waals surface area contributed by atoms with Crippen molar-refractivity contribution in [3.05, 3.63) is 63.7 Å². The van der Waals surface area contributed by atoms with E-state index in [1.807, 2.05) is 31.3 Å². The molecule has 0 amide bonds. The van der Waals surface area contributed by atoms with Crippen LogP contribution in [0.3, 0.4) is 0 Å². The molecule has 1 atom stereocenters. The Hall–Kier alpha value is -1.51. The summed E-state index contributed by atoms with van der Waals surface area (Å²) in [6.45, 7) is 4.20. The largest absolute Gasteiger partial charge is 0.496 e. The van der Waals surface area contributed by atoms with E-state index in [1.165, 1.54) is 22.3 Å². The molecule has 20 heavy (non-hydrogen) atoms. The Bertz CT molecular complexity index is 593. The van der Waals surface area contributed by atoms with Gasteiger partial charge in [-0.05, 0) is 55.8 Å². The summed E-state index contributed by atoms with van der Waals surface area (Å²) < 4.78 is 5.57. The van der Waals surface area contributed by atoms with Gasteiger partial charge in [0, 0.05) is 10.6 Å². The Morgan fingerprint density at radius 2 is 1.75 bits per heavy atom. The van der Waals surface area contributed by atoms with Gasteiger partial charge in [0.1, 0.15) is 5.75 Å². The number of halogens is 1. The summed E-state index contributed by atoms with van der Waals surface area (Å²) in [6, 6.07) is 12.3. The van der Waals surface area contributed by atoms with Gasteiger partial charge in [0.15, 0.2) is 0 Å². The lowest BCUT2D eigenvalue weighted by atomic mass is 9.93. The molecule has 0 aliphatic rings. The predicted molar refractivity (Wildman–Crippen MR) is 84.8 cm³/mol. The Balaban J connectivity index is 2.54. The molecule has 2 nitrogen and oxygen atoms in total. The molecule has 0 fully saturated rings. The minimum Gasteiger partial charge on any atom is -0.496 e. The molecular formula is C17H20ClNO. The first kappa shape index (κ1) is 14.9. The molecule has 0 aliphatic carbocycles. The summed E-state index contributed by atoms with van der Waals surface area (Å²) >= 11 is 5.97. The van der Waals surface area contributed by atoms with Crippen LogP contribution < -0.4 is 10.1 Å². The number of rotatable bonds is 4. The highest BCUT2D eigenvalue weighted by molar-refractivity contribution is 6.30. The molecule has 0 heterocycles. The maximum absolute atomic E-state index is 5.97. The second-order valence-corrected chi connectivity index (χ2v) is 5.41. The molecule has 0 aromatic heterocycles. The molecule has 0 spiro atoms. The first-order valence-corrected chi connectivity index (χ1v) is 7.02. The third kappa shape index (κ3) is 2.97. The van der Waals surface area contributed by atoms with Gasteiger partial charge in [0.05, 0.1) is 13.2 Å². The van der Waals surface area contributed by atoms with Gasteiger partial charge in [0.2, 0.25) is 0 Å². The molecule has 1 unspecified atom stereocenters. The minimum absolute atomic E-state index is 0.0859. The molecule has 0 bridgehead atoms. The van der Waals surface area contributed by atoms with Gasteiger partial charge in [0.25, 0.3) is 0 Å². The topological polar surface area (TPSA) is 21.3 Å². The van der Waals surface area contributed by atoms with Crippen molar-refractivity contribution in [3.63, 3.8) is 0 Å². The summed E-state index contributed by atoms with van der Waals surface area (Å²) in [7, 11) is 3.67. The predicted octanol–water partition coefficient (Wildman–Crippen LogP) is 4.27. The van der Waals surface area contributed by atoms with Crippen molar-refractivity contribution in [3.8, 4) is 5.75 Å². The quantitative estimate of drug-likeness (QED) is 0.907. The maximum Gasteiger partial charge on any atom is 0.124 e. The zero-order chi connectivity index (χ0) is 14.7. The van der Waals surface area contributed by atoms with E-state index in [0.29, 0.717) is 0 Å². The van der Waals surface area contributed by atoms with Gasteiger partial charge in [-0.2, -0.15) is 0 Å². The van der Waals surface area contributed by atoms with Crippen molar-refractivity contribution in [2.75, 3.05) is 14.2 Å². The summed E-state index contributed by atoms with van der Waals surface area (Å²) in [4.78, 5) is 0. The van der Waals surface area contributed by atoms with Gasteiger partial charge in [-0.3, -0.25) is 0 Å². The number of hydrogen-bond donors (Lipinski definition) is 1. The molecule has 0 aliphatic heterocycles. The normalized spacial score (nSPS) is 12.2. The number of nitrogens with one attached hydrogen (secondary N) is 1. The van der Waals surface area contributed by atoms with Crippen molar-refractivity contribution >= 4 is 11.6 Å². The second kappa shape index (κ2) is 6.29. The van der Waals surface area contributed by atoms with Crippen LogP contribution in [0.15, 0.2) is 36.4 Å². The van der Waals surface area contributed by atoms with E-state index >= 15 is 0 Å². The number of benzene rings is 2. The van der Waals surface area contributed by atoms with E-state index in [4.69, 9.17) is 16.3 Å². The molecule has 0 saturated heterocycles. The SMILES string of the molecule is CNC(c1ccc(Cl)cc1)c1c(C)cc(C)cc1OC. The number of aryl methyl sites for hydroxylation is 2. The van der Waals surface area contributed by atoms with Crippen LogP contribution in [0.5, 0.6) is 5.75 Å². The van der Waals surface area contributed by atoms with Crippen molar-refractivity contribution in [1.82, 2.24) is 5.32 Å². The molecule has 1 N–H and O–H groups in total. The zero-order valence-electron chi connectivity index (χ0n) is 12.3. The average Bonchev–Trinajstić information content (AvgIpc) is 2.43. The summed E-state index contributed by atoms with van der Waals surface area (Å²) in [5.41, 5.74) is 4.76. The van der Waals surface area contributed by atoms with Gasteiger partial charge in [-0.1, -0.05) is 29.8 Å². The number of methoxy groups -OCH3 is 1. The van der Waals surface area contributed by atoms with E-state index in [1.54, 1.807) is 7.11 Å². The number of hydrogen-bond acceptors (Lipinski definition) is 2. The molecule has 0 radical (unpaired) electrons. The molecule has 2 aromatic carbocycles. The van der Waals surface area contributed by atoms with Crippen LogP contribution in [0.25, 0.3) is 0 Å². The third-order valence-corrected chi connectivity index (χ3v) is 3.75.